The summed E-state index contributed by atoms with van der Waals surface area (Å²) in [7, 11) is 0. The van der Waals surface area contributed by atoms with Gasteiger partial charge >= 0.3 is 0 Å². The molecule has 0 saturated carbocycles. The molecule has 0 unspecified atom stereocenters. The van der Waals surface area contributed by atoms with Gasteiger partial charge in [0.25, 0.3) is 0 Å². The van der Waals surface area contributed by atoms with Crippen molar-refractivity contribution in [2.45, 2.75) is 6.04 Å². The zero-order valence-corrected chi connectivity index (χ0v) is 12.9. The Morgan fingerprint density at radius 3 is 2.75 bits per heavy atom. The number of nitrogens with zero attached hydrogens (tertiary/aromatic N) is 4. The second-order valence-corrected chi connectivity index (χ2v) is 5.70. The highest BCUT2D eigenvalue weighted by molar-refractivity contribution is 5.92. The first-order valence-electron chi connectivity index (χ1n) is 7.77. The SMILES string of the molecule is O=C(C=Cc1ccco1)N1CC(n2cc(-c3ccccc3)nn2)C1. The third-order valence-electron chi connectivity index (χ3n) is 4.06. The molecule has 1 amide bonds. The third-order valence-corrected chi connectivity index (χ3v) is 4.06. The van der Waals surface area contributed by atoms with Crippen molar-refractivity contribution >= 4 is 12.0 Å². The van der Waals surface area contributed by atoms with Crippen molar-refractivity contribution in [3.63, 3.8) is 0 Å². The second-order valence-electron chi connectivity index (χ2n) is 5.70. The van der Waals surface area contributed by atoms with E-state index in [1.165, 1.54) is 6.08 Å². The molecular formula is C18H16N4O2. The van der Waals surface area contributed by atoms with Gasteiger partial charge in [0.15, 0.2) is 0 Å². The Bertz CT molecular complexity index is 846. The first kappa shape index (κ1) is 14.4. The molecule has 0 N–H and O–H groups in total. The van der Waals surface area contributed by atoms with Crippen LogP contribution < -0.4 is 0 Å². The molecule has 1 fully saturated rings. The van der Waals surface area contributed by atoms with Gasteiger partial charge in [0, 0.05) is 24.7 Å². The van der Waals surface area contributed by atoms with Crippen LogP contribution >= 0.6 is 0 Å². The van der Waals surface area contributed by atoms with E-state index in [0.29, 0.717) is 18.8 Å². The van der Waals surface area contributed by atoms with Gasteiger partial charge in [0.1, 0.15) is 11.5 Å². The van der Waals surface area contributed by atoms with Crippen molar-refractivity contribution in [1.82, 2.24) is 19.9 Å². The molecule has 0 spiro atoms. The van der Waals surface area contributed by atoms with Crippen molar-refractivity contribution in [3.05, 3.63) is 66.8 Å². The molecule has 120 valence electrons. The summed E-state index contributed by atoms with van der Waals surface area (Å²) >= 11 is 0. The van der Waals surface area contributed by atoms with Crippen LogP contribution in [0.3, 0.4) is 0 Å². The van der Waals surface area contributed by atoms with Crippen LogP contribution in [0.2, 0.25) is 0 Å². The summed E-state index contributed by atoms with van der Waals surface area (Å²) in [5, 5.41) is 8.40. The number of rotatable bonds is 4. The normalized spacial score (nSPS) is 14.9. The maximum atomic E-state index is 12.1. The van der Waals surface area contributed by atoms with Crippen molar-refractivity contribution in [2.24, 2.45) is 0 Å². The fraction of sp³-hybridized carbons (Fsp3) is 0.167. The van der Waals surface area contributed by atoms with Crippen molar-refractivity contribution in [3.8, 4) is 11.3 Å². The number of hydrogen-bond acceptors (Lipinski definition) is 4. The van der Waals surface area contributed by atoms with Gasteiger partial charge in [-0.15, -0.1) is 5.10 Å². The maximum absolute atomic E-state index is 12.1. The van der Waals surface area contributed by atoms with Crippen molar-refractivity contribution in [1.29, 1.82) is 0 Å². The number of aromatic nitrogens is 3. The van der Waals surface area contributed by atoms with Gasteiger partial charge in [-0.3, -0.25) is 4.79 Å². The van der Waals surface area contributed by atoms with Gasteiger partial charge < -0.3 is 9.32 Å². The molecule has 0 aliphatic carbocycles. The molecule has 0 bridgehead atoms. The quantitative estimate of drug-likeness (QED) is 0.693. The Morgan fingerprint density at radius 1 is 1.17 bits per heavy atom. The van der Waals surface area contributed by atoms with Crippen molar-refractivity contribution < 1.29 is 9.21 Å². The maximum Gasteiger partial charge on any atom is 0.246 e. The number of hydrogen-bond donors (Lipinski definition) is 0. The van der Waals surface area contributed by atoms with Gasteiger partial charge in [0.05, 0.1) is 18.5 Å². The van der Waals surface area contributed by atoms with Gasteiger partial charge in [-0.2, -0.15) is 0 Å². The summed E-state index contributed by atoms with van der Waals surface area (Å²) in [4.78, 5) is 13.8. The highest BCUT2D eigenvalue weighted by atomic mass is 16.3. The van der Waals surface area contributed by atoms with E-state index in [4.69, 9.17) is 4.42 Å². The Balaban J connectivity index is 1.36. The number of benzene rings is 1. The molecule has 4 rings (SSSR count). The minimum absolute atomic E-state index is 0.0222. The third kappa shape index (κ3) is 2.86. The average Bonchev–Trinajstić information content (AvgIpc) is 3.24. The predicted octanol–water partition coefficient (Wildman–Crippen LogP) is 2.63. The molecule has 3 aromatic rings. The molecule has 1 saturated heterocycles. The lowest BCUT2D eigenvalue weighted by Crippen LogP contribution is -2.50. The summed E-state index contributed by atoms with van der Waals surface area (Å²) in [5.41, 5.74) is 1.88. The lowest BCUT2D eigenvalue weighted by atomic mass is 10.1. The monoisotopic (exact) mass is 320 g/mol. The molecule has 1 aromatic carbocycles. The summed E-state index contributed by atoms with van der Waals surface area (Å²) < 4.78 is 7.01. The Kier molecular flexibility index (Phi) is 3.70. The van der Waals surface area contributed by atoms with Crippen LogP contribution in [0.25, 0.3) is 17.3 Å². The smallest absolute Gasteiger partial charge is 0.246 e. The fourth-order valence-corrected chi connectivity index (χ4v) is 2.64. The molecule has 24 heavy (non-hydrogen) atoms. The van der Waals surface area contributed by atoms with Crippen LogP contribution in [-0.4, -0.2) is 38.9 Å². The summed E-state index contributed by atoms with van der Waals surface area (Å²) in [5.74, 6) is 0.648. The Labute approximate surface area is 139 Å². The number of likely N-dealkylation sites (tertiary alicyclic amines) is 1. The van der Waals surface area contributed by atoms with Crippen LogP contribution in [0.15, 0.2) is 65.4 Å². The van der Waals surface area contributed by atoms with E-state index in [-0.39, 0.29) is 11.9 Å². The molecule has 0 atom stereocenters. The van der Waals surface area contributed by atoms with E-state index in [1.54, 1.807) is 23.3 Å². The zero-order chi connectivity index (χ0) is 16.4. The van der Waals surface area contributed by atoms with Gasteiger partial charge in [-0.05, 0) is 18.2 Å². The van der Waals surface area contributed by atoms with Crippen LogP contribution in [0.4, 0.5) is 0 Å². The highest BCUT2D eigenvalue weighted by Crippen LogP contribution is 2.23. The lowest BCUT2D eigenvalue weighted by Gasteiger charge is -2.38. The molecule has 1 aliphatic rings. The minimum atomic E-state index is -0.0222. The van der Waals surface area contributed by atoms with E-state index >= 15 is 0 Å². The molecule has 6 nitrogen and oxygen atoms in total. The molecule has 2 aromatic heterocycles. The van der Waals surface area contributed by atoms with E-state index in [2.05, 4.69) is 10.3 Å². The van der Waals surface area contributed by atoms with E-state index in [9.17, 15) is 4.79 Å². The number of amides is 1. The summed E-state index contributed by atoms with van der Waals surface area (Å²) in [6.07, 6.45) is 6.73. The second kappa shape index (κ2) is 6.16. The largest absolute Gasteiger partial charge is 0.465 e. The van der Waals surface area contributed by atoms with E-state index in [0.717, 1.165) is 11.3 Å². The topological polar surface area (TPSA) is 64.2 Å². The summed E-state index contributed by atoms with van der Waals surface area (Å²) in [6, 6.07) is 13.7. The number of furan rings is 1. The van der Waals surface area contributed by atoms with Crippen LogP contribution in [0, 0.1) is 0 Å². The molecular weight excluding hydrogens is 304 g/mol. The van der Waals surface area contributed by atoms with E-state index in [1.807, 2.05) is 47.3 Å². The highest BCUT2D eigenvalue weighted by Gasteiger charge is 2.31. The van der Waals surface area contributed by atoms with Crippen molar-refractivity contribution in [2.75, 3.05) is 13.1 Å². The Morgan fingerprint density at radius 2 is 2.00 bits per heavy atom. The van der Waals surface area contributed by atoms with Crippen LogP contribution in [-0.2, 0) is 4.79 Å². The van der Waals surface area contributed by atoms with Crippen LogP contribution in [0.5, 0.6) is 0 Å². The Hall–Kier alpha value is -3.15. The summed E-state index contributed by atoms with van der Waals surface area (Å²) in [6.45, 7) is 1.28. The molecule has 1 aliphatic heterocycles. The minimum Gasteiger partial charge on any atom is -0.465 e. The first-order valence-corrected chi connectivity index (χ1v) is 7.77. The van der Waals surface area contributed by atoms with Gasteiger partial charge in [-0.1, -0.05) is 35.5 Å². The predicted molar refractivity (Wildman–Crippen MR) is 88.8 cm³/mol. The number of carbonyl (C=O) groups is 1. The first-order chi connectivity index (χ1) is 11.8. The van der Waals surface area contributed by atoms with Crippen LogP contribution in [0.1, 0.15) is 11.8 Å². The zero-order valence-electron chi connectivity index (χ0n) is 12.9. The molecule has 6 heteroatoms. The molecule has 0 radical (unpaired) electrons. The van der Waals surface area contributed by atoms with E-state index < -0.39 is 0 Å². The van der Waals surface area contributed by atoms with Gasteiger partial charge in [0.2, 0.25) is 5.91 Å². The average molecular weight is 320 g/mol. The van der Waals surface area contributed by atoms with Gasteiger partial charge in [-0.25, -0.2) is 4.68 Å². The molecule has 3 heterocycles. The number of carbonyl (C=O) groups excluding carboxylic acids is 1. The standard InChI is InChI=1S/C18H16N4O2/c23-18(9-8-16-7-4-10-24-16)21-11-15(12-21)22-13-17(19-20-22)14-5-2-1-3-6-14/h1-10,13,15H,11-12H2. The lowest BCUT2D eigenvalue weighted by molar-refractivity contribution is -0.131. The fourth-order valence-electron chi connectivity index (χ4n) is 2.64.